The first-order valence-electron chi connectivity index (χ1n) is 4.04. The van der Waals surface area contributed by atoms with Gasteiger partial charge in [-0.2, -0.15) is 0 Å². The van der Waals surface area contributed by atoms with Gasteiger partial charge in [-0.3, -0.25) is 4.79 Å². The number of carboxylic acids is 1. The van der Waals surface area contributed by atoms with E-state index in [2.05, 4.69) is 0 Å². The van der Waals surface area contributed by atoms with E-state index in [1.807, 2.05) is 0 Å². The van der Waals surface area contributed by atoms with Crippen molar-refractivity contribution in [3.05, 3.63) is 23.7 Å². The van der Waals surface area contributed by atoms with E-state index in [9.17, 15) is 9.59 Å². The van der Waals surface area contributed by atoms with Gasteiger partial charge in [0.25, 0.3) is 0 Å². The van der Waals surface area contributed by atoms with E-state index in [1.54, 1.807) is 0 Å². The van der Waals surface area contributed by atoms with Gasteiger partial charge in [0.2, 0.25) is 5.76 Å². The Morgan fingerprint density at radius 1 is 1.46 bits per heavy atom. The highest BCUT2D eigenvalue weighted by Gasteiger charge is 2.31. The smallest absolute Gasteiger partial charge is 0.371 e. The summed E-state index contributed by atoms with van der Waals surface area (Å²) in [6.07, 6.45) is 3.03. The molecule has 0 saturated heterocycles. The molecule has 0 spiro atoms. The molecule has 1 aliphatic carbocycles. The number of furan rings is 1. The molecule has 0 aromatic carbocycles. The summed E-state index contributed by atoms with van der Waals surface area (Å²) in [6.45, 7) is 0. The molecule has 4 heteroatoms. The fourth-order valence-electron chi connectivity index (χ4n) is 1.16. The Hall–Kier alpha value is -1.58. The van der Waals surface area contributed by atoms with Crippen molar-refractivity contribution in [1.82, 2.24) is 0 Å². The van der Waals surface area contributed by atoms with E-state index >= 15 is 0 Å². The van der Waals surface area contributed by atoms with Gasteiger partial charge in [-0.1, -0.05) is 0 Å². The molecule has 0 bridgehead atoms. The lowest BCUT2D eigenvalue weighted by molar-refractivity contribution is 0.0662. The number of ketones is 1. The van der Waals surface area contributed by atoms with Gasteiger partial charge < -0.3 is 9.52 Å². The molecule has 1 heterocycles. The highest BCUT2D eigenvalue weighted by Crippen LogP contribution is 2.32. The molecule has 1 fully saturated rings. The molecule has 0 atom stereocenters. The van der Waals surface area contributed by atoms with Crippen LogP contribution in [0.5, 0.6) is 0 Å². The Kier molecular flexibility index (Phi) is 1.69. The zero-order valence-corrected chi connectivity index (χ0v) is 6.82. The molecule has 1 N–H and O–H groups in total. The summed E-state index contributed by atoms with van der Waals surface area (Å²) in [6, 6.07) is 1.28. The first kappa shape index (κ1) is 8.04. The predicted octanol–water partition coefficient (Wildman–Crippen LogP) is 1.57. The summed E-state index contributed by atoms with van der Waals surface area (Å²) in [7, 11) is 0. The molecular weight excluding hydrogens is 172 g/mol. The third-order valence-electron chi connectivity index (χ3n) is 2.04. The Morgan fingerprint density at radius 3 is 2.62 bits per heavy atom. The summed E-state index contributed by atoms with van der Waals surface area (Å²) in [4.78, 5) is 21.8. The second kappa shape index (κ2) is 2.73. The standard InChI is InChI=1S/C9H8O4/c10-8(5-1-2-5)6-3-7(9(11)12)13-4-6/h3-5H,1-2H2,(H,11,12). The largest absolute Gasteiger partial charge is 0.475 e. The number of carboxylic acid groups (broad SMARTS) is 1. The summed E-state index contributed by atoms with van der Waals surface area (Å²) in [5, 5.41) is 8.53. The number of aromatic carboxylic acids is 1. The van der Waals surface area contributed by atoms with Crippen LogP contribution in [0.25, 0.3) is 0 Å². The molecular formula is C9H8O4. The van der Waals surface area contributed by atoms with Crippen molar-refractivity contribution < 1.29 is 19.1 Å². The molecule has 1 aromatic rings. The Morgan fingerprint density at radius 2 is 2.15 bits per heavy atom. The molecule has 0 aliphatic heterocycles. The van der Waals surface area contributed by atoms with E-state index < -0.39 is 5.97 Å². The zero-order valence-electron chi connectivity index (χ0n) is 6.82. The number of rotatable bonds is 3. The lowest BCUT2D eigenvalue weighted by Crippen LogP contribution is -1.99. The number of hydrogen-bond acceptors (Lipinski definition) is 3. The van der Waals surface area contributed by atoms with Gasteiger partial charge in [-0.15, -0.1) is 0 Å². The maximum Gasteiger partial charge on any atom is 0.371 e. The maximum absolute atomic E-state index is 11.4. The van der Waals surface area contributed by atoms with Crippen molar-refractivity contribution in [3.8, 4) is 0 Å². The van der Waals surface area contributed by atoms with Crippen LogP contribution < -0.4 is 0 Å². The van der Waals surface area contributed by atoms with Crippen LogP contribution in [0, 0.1) is 5.92 Å². The first-order chi connectivity index (χ1) is 6.18. The van der Waals surface area contributed by atoms with Crippen molar-refractivity contribution in [2.24, 2.45) is 5.92 Å². The molecule has 1 aliphatic rings. The minimum absolute atomic E-state index is 0.00347. The van der Waals surface area contributed by atoms with Gasteiger partial charge >= 0.3 is 5.97 Å². The van der Waals surface area contributed by atoms with Crippen molar-refractivity contribution in [2.75, 3.05) is 0 Å². The van der Waals surface area contributed by atoms with Gasteiger partial charge in [0.1, 0.15) is 6.26 Å². The van der Waals surface area contributed by atoms with Gasteiger partial charge in [0.05, 0.1) is 5.56 Å². The van der Waals surface area contributed by atoms with Crippen LogP contribution in [0.15, 0.2) is 16.7 Å². The summed E-state index contributed by atoms with van der Waals surface area (Å²) >= 11 is 0. The van der Waals surface area contributed by atoms with Crippen LogP contribution in [-0.4, -0.2) is 16.9 Å². The number of Topliss-reactive ketones (excluding diaryl/α,β-unsaturated/α-hetero) is 1. The highest BCUT2D eigenvalue weighted by atomic mass is 16.4. The number of carbonyl (C=O) groups excluding carboxylic acids is 1. The van der Waals surface area contributed by atoms with Crippen LogP contribution in [0.1, 0.15) is 33.8 Å². The molecule has 2 rings (SSSR count). The molecule has 4 nitrogen and oxygen atoms in total. The van der Waals surface area contributed by atoms with Crippen LogP contribution in [0.2, 0.25) is 0 Å². The second-order valence-electron chi connectivity index (χ2n) is 3.14. The molecule has 0 radical (unpaired) electrons. The minimum atomic E-state index is -1.14. The zero-order chi connectivity index (χ0) is 9.42. The van der Waals surface area contributed by atoms with E-state index in [4.69, 9.17) is 9.52 Å². The van der Waals surface area contributed by atoms with E-state index in [1.165, 1.54) is 12.3 Å². The Balaban J connectivity index is 2.21. The van der Waals surface area contributed by atoms with Crippen molar-refractivity contribution in [1.29, 1.82) is 0 Å². The second-order valence-corrected chi connectivity index (χ2v) is 3.14. The lowest BCUT2D eigenvalue weighted by Gasteiger charge is -1.88. The van der Waals surface area contributed by atoms with Crippen LogP contribution in [0.4, 0.5) is 0 Å². The highest BCUT2D eigenvalue weighted by molar-refractivity contribution is 6.00. The molecule has 1 aromatic heterocycles. The van der Waals surface area contributed by atoms with E-state index in [0.717, 1.165) is 12.8 Å². The Labute approximate surface area is 74.2 Å². The predicted molar refractivity (Wildman–Crippen MR) is 42.7 cm³/mol. The van der Waals surface area contributed by atoms with Gasteiger partial charge in [0, 0.05) is 12.0 Å². The maximum atomic E-state index is 11.4. The average molecular weight is 180 g/mol. The first-order valence-corrected chi connectivity index (χ1v) is 4.04. The quantitative estimate of drug-likeness (QED) is 0.717. The van der Waals surface area contributed by atoms with E-state index in [0.29, 0.717) is 5.56 Å². The Bertz CT molecular complexity index is 359. The normalized spacial score (nSPS) is 15.7. The SMILES string of the molecule is O=C(O)c1cc(C(=O)C2CC2)co1. The van der Waals surface area contributed by atoms with Crippen LogP contribution >= 0.6 is 0 Å². The third-order valence-corrected chi connectivity index (χ3v) is 2.04. The van der Waals surface area contributed by atoms with Gasteiger partial charge in [0.15, 0.2) is 5.78 Å². The molecule has 68 valence electrons. The van der Waals surface area contributed by atoms with Crippen molar-refractivity contribution >= 4 is 11.8 Å². The van der Waals surface area contributed by atoms with Crippen molar-refractivity contribution in [3.63, 3.8) is 0 Å². The van der Waals surface area contributed by atoms with Crippen LogP contribution in [0.3, 0.4) is 0 Å². The monoisotopic (exact) mass is 180 g/mol. The summed E-state index contributed by atoms with van der Waals surface area (Å²) in [5.41, 5.74) is 0.375. The van der Waals surface area contributed by atoms with Crippen LogP contribution in [-0.2, 0) is 0 Å². The van der Waals surface area contributed by atoms with Gasteiger partial charge in [-0.25, -0.2) is 4.79 Å². The fourth-order valence-corrected chi connectivity index (χ4v) is 1.16. The summed E-state index contributed by atoms with van der Waals surface area (Å²) < 4.78 is 4.70. The minimum Gasteiger partial charge on any atom is -0.475 e. The molecule has 0 unspecified atom stereocenters. The number of carbonyl (C=O) groups is 2. The van der Waals surface area contributed by atoms with E-state index in [-0.39, 0.29) is 17.5 Å². The van der Waals surface area contributed by atoms with Crippen molar-refractivity contribution in [2.45, 2.75) is 12.8 Å². The lowest BCUT2D eigenvalue weighted by atomic mass is 10.1. The topological polar surface area (TPSA) is 67.5 Å². The third kappa shape index (κ3) is 1.47. The fraction of sp³-hybridized carbons (Fsp3) is 0.333. The number of hydrogen-bond donors (Lipinski definition) is 1. The molecule has 1 saturated carbocycles. The molecule has 13 heavy (non-hydrogen) atoms. The average Bonchev–Trinajstić information content (AvgIpc) is 2.81. The summed E-state index contributed by atoms with van der Waals surface area (Å²) in [5.74, 6) is -1.23. The van der Waals surface area contributed by atoms with Gasteiger partial charge in [-0.05, 0) is 12.8 Å². The molecule has 0 amide bonds.